The van der Waals surface area contributed by atoms with Crippen molar-refractivity contribution < 1.29 is 19.2 Å². The second-order valence-electron chi connectivity index (χ2n) is 7.71. The Labute approximate surface area is 205 Å². The van der Waals surface area contributed by atoms with E-state index in [9.17, 15) is 19.2 Å². The predicted molar refractivity (Wildman–Crippen MR) is 129 cm³/mol. The van der Waals surface area contributed by atoms with Gasteiger partial charge in [0.15, 0.2) is 0 Å². The number of anilines is 1. The first-order chi connectivity index (χ1) is 16.3. The maximum atomic E-state index is 13.2. The average molecular weight is 496 g/mol. The second-order valence-corrected chi connectivity index (χ2v) is 8.56. The molecule has 1 aliphatic rings. The number of imide groups is 1. The van der Waals surface area contributed by atoms with Crippen LogP contribution in [-0.4, -0.2) is 35.1 Å². The van der Waals surface area contributed by atoms with Gasteiger partial charge < -0.3 is 10.6 Å². The molecule has 1 atom stereocenters. The van der Waals surface area contributed by atoms with Crippen molar-refractivity contribution in [1.82, 2.24) is 10.2 Å². The van der Waals surface area contributed by atoms with Crippen molar-refractivity contribution in [3.63, 3.8) is 0 Å². The standard InChI is InChI=1S/C25H19Cl2N3O4/c1-14-6-2-5-9-20(14)28-23(32)22(18-11-10-15(26)12-19(18)27)29-21(31)13-30-24(33)16-7-3-4-8-17(16)25(30)34/h2-12,22H,13H2,1H3,(H,28,32)(H,29,31). The molecule has 7 nitrogen and oxygen atoms in total. The van der Waals surface area contributed by atoms with Crippen LogP contribution in [0.15, 0.2) is 66.7 Å². The summed E-state index contributed by atoms with van der Waals surface area (Å²) in [5, 5.41) is 5.94. The highest BCUT2D eigenvalue weighted by molar-refractivity contribution is 6.35. The maximum Gasteiger partial charge on any atom is 0.262 e. The molecule has 1 unspecified atom stereocenters. The molecule has 4 amide bonds. The summed E-state index contributed by atoms with van der Waals surface area (Å²) in [4.78, 5) is 52.2. The van der Waals surface area contributed by atoms with E-state index in [1.165, 1.54) is 24.3 Å². The molecule has 0 spiro atoms. The van der Waals surface area contributed by atoms with Crippen LogP contribution in [0.25, 0.3) is 0 Å². The van der Waals surface area contributed by atoms with Crippen LogP contribution in [0, 0.1) is 6.92 Å². The van der Waals surface area contributed by atoms with Crippen molar-refractivity contribution in [1.29, 1.82) is 0 Å². The molecule has 1 aliphatic heterocycles. The minimum absolute atomic E-state index is 0.179. The number of aryl methyl sites for hydroxylation is 1. The van der Waals surface area contributed by atoms with E-state index in [1.807, 2.05) is 19.1 Å². The maximum absolute atomic E-state index is 13.2. The molecule has 9 heteroatoms. The summed E-state index contributed by atoms with van der Waals surface area (Å²) in [5.41, 5.74) is 2.17. The third-order valence-electron chi connectivity index (χ3n) is 5.42. The van der Waals surface area contributed by atoms with Gasteiger partial charge in [-0.2, -0.15) is 0 Å². The van der Waals surface area contributed by atoms with Crippen molar-refractivity contribution in [2.24, 2.45) is 0 Å². The van der Waals surface area contributed by atoms with E-state index >= 15 is 0 Å². The van der Waals surface area contributed by atoms with Crippen molar-refractivity contribution in [2.75, 3.05) is 11.9 Å². The first kappa shape index (κ1) is 23.5. The topological polar surface area (TPSA) is 95.6 Å². The fourth-order valence-corrected chi connectivity index (χ4v) is 4.19. The molecule has 0 aromatic heterocycles. The molecule has 0 radical (unpaired) electrons. The van der Waals surface area contributed by atoms with Crippen LogP contribution in [0.1, 0.15) is 37.9 Å². The number of para-hydroxylation sites is 1. The summed E-state index contributed by atoms with van der Waals surface area (Å²) >= 11 is 12.3. The highest BCUT2D eigenvalue weighted by Gasteiger charge is 2.37. The van der Waals surface area contributed by atoms with E-state index in [4.69, 9.17) is 23.2 Å². The summed E-state index contributed by atoms with van der Waals surface area (Å²) in [6.07, 6.45) is 0. The number of fused-ring (bicyclic) bond motifs is 1. The van der Waals surface area contributed by atoms with Gasteiger partial charge in [-0.05, 0) is 42.8 Å². The molecule has 4 rings (SSSR count). The van der Waals surface area contributed by atoms with E-state index in [2.05, 4.69) is 10.6 Å². The number of carbonyl (C=O) groups excluding carboxylic acids is 4. The molecule has 1 heterocycles. The lowest BCUT2D eigenvalue weighted by Crippen LogP contribution is -2.44. The Morgan fingerprint density at radius 3 is 2.15 bits per heavy atom. The third-order valence-corrected chi connectivity index (χ3v) is 5.99. The summed E-state index contributed by atoms with van der Waals surface area (Å²) in [7, 11) is 0. The van der Waals surface area contributed by atoms with E-state index in [0.29, 0.717) is 16.3 Å². The quantitative estimate of drug-likeness (QED) is 0.495. The normalized spacial score (nSPS) is 13.4. The molecular formula is C25H19Cl2N3O4. The smallest absolute Gasteiger partial charge is 0.262 e. The van der Waals surface area contributed by atoms with Gasteiger partial charge in [0.1, 0.15) is 12.6 Å². The fourth-order valence-electron chi connectivity index (χ4n) is 3.67. The lowest BCUT2D eigenvalue weighted by molar-refractivity contribution is -0.126. The fraction of sp³-hybridized carbons (Fsp3) is 0.120. The molecule has 0 fully saturated rings. The second kappa shape index (κ2) is 9.67. The Bertz CT molecular complexity index is 1290. The third kappa shape index (κ3) is 4.66. The van der Waals surface area contributed by atoms with E-state index in [0.717, 1.165) is 10.5 Å². The van der Waals surface area contributed by atoms with Gasteiger partial charge in [-0.3, -0.25) is 24.1 Å². The van der Waals surface area contributed by atoms with Gasteiger partial charge in [0.25, 0.3) is 17.7 Å². The van der Waals surface area contributed by atoms with Crippen molar-refractivity contribution in [2.45, 2.75) is 13.0 Å². The van der Waals surface area contributed by atoms with E-state index < -0.39 is 36.2 Å². The number of rotatable bonds is 6. The number of halogens is 2. The SMILES string of the molecule is Cc1ccccc1NC(=O)C(NC(=O)CN1C(=O)c2ccccc2C1=O)c1ccc(Cl)cc1Cl. The van der Waals surface area contributed by atoms with Gasteiger partial charge in [-0.25, -0.2) is 0 Å². The Kier molecular flexibility index (Phi) is 6.68. The van der Waals surface area contributed by atoms with Gasteiger partial charge in [-0.15, -0.1) is 0 Å². The predicted octanol–water partition coefficient (Wildman–Crippen LogP) is 4.39. The Morgan fingerprint density at radius 1 is 0.912 bits per heavy atom. The number of nitrogens with zero attached hydrogens (tertiary/aromatic N) is 1. The van der Waals surface area contributed by atoms with E-state index in [1.54, 1.807) is 30.3 Å². The Balaban J connectivity index is 1.57. The largest absolute Gasteiger partial charge is 0.339 e. The van der Waals surface area contributed by atoms with Crippen LogP contribution < -0.4 is 10.6 Å². The highest BCUT2D eigenvalue weighted by Crippen LogP contribution is 2.28. The molecule has 0 bridgehead atoms. The summed E-state index contributed by atoms with van der Waals surface area (Å²) in [6.45, 7) is 1.28. The van der Waals surface area contributed by atoms with Gasteiger partial charge >= 0.3 is 0 Å². The number of benzene rings is 3. The van der Waals surface area contributed by atoms with E-state index in [-0.39, 0.29) is 16.1 Å². The van der Waals surface area contributed by atoms with Crippen LogP contribution in [0.4, 0.5) is 5.69 Å². The summed E-state index contributed by atoms with van der Waals surface area (Å²) < 4.78 is 0. The number of hydrogen-bond donors (Lipinski definition) is 2. The zero-order valence-electron chi connectivity index (χ0n) is 18.0. The number of amides is 4. The molecule has 0 saturated heterocycles. The molecule has 3 aromatic carbocycles. The van der Waals surface area contributed by atoms with Gasteiger partial charge in [-0.1, -0.05) is 59.6 Å². The Hall–Kier alpha value is -3.68. The van der Waals surface area contributed by atoms with Crippen molar-refractivity contribution in [3.05, 3.63) is 99.0 Å². The van der Waals surface area contributed by atoms with Crippen LogP contribution in [0.3, 0.4) is 0 Å². The zero-order chi connectivity index (χ0) is 24.4. The van der Waals surface area contributed by atoms with Gasteiger partial charge in [0.05, 0.1) is 11.1 Å². The Morgan fingerprint density at radius 2 is 1.53 bits per heavy atom. The van der Waals surface area contributed by atoms with Crippen LogP contribution in [0.2, 0.25) is 10.0 Å². The first-order valence-corrected chi connectivity index (χ1v) is 11.1. The lowest BCUT2D eigenvalue weighted by Gasteiger charge is -2.22. The summed E-state index contributed by atoms with van der Waals surface area (Å²) in [5.74, 6) is -2.39. The van der Waals surface area contributed by atoms with Crippen LogP contribution >= 0.6 is 23.2 Å². The molecule has 34 heavy (non-hydrogen) atoms. The number of carbonyl (C=O) groups is 4. The van der Waals surface area contributed by atoms with Gasteiger partial charge in [0, 0.05) is 21.3 Å². The molecule has 2 N–H and O–H groups in total. The molecule has 3 aromatic rings. The minimum Gasteiger partial charge on any atom is -0.339 e. The molecule has 0 saturated carbocycles. The minimum atomic E-state index is -1.20. The lowest BCUT2D eigenvalue weighted by atomic mass is 10.1. The van der Waals surface area contributed by atoms with Crippen LogP contribution in [0.5, 0.6) is 0 Å². The summed E-state index contributed by atoms with van der Waals surface area (Å²) in [6, 6.07) is 16.9. The number of nitrogens with one attached hydrogen (secondary N) is 2. The first-order valence-electron chi connectivity index (χ1n) is 10.3. The van der Waals surface area contributed by atoms with Crippen molar-refractivity contribution in [3.8, 4) is 0 Å². The zero-order valence-corrected chi connectivity index (χ0v) is 19.5. The average Bonchev–Trinajstić information content (AvgIpc) is 3.04. The molecule has 0 aliphatic carbocycles. The van der Waals surface area contributed by atoms with Crippen molar-refractivity contribution >= 4 is 52.5 Å². The number of hydrogen-bond acceptors (Lipinski definition) is 4. The molecular weight excluding hydrogens is 477 g/mol. The van der Waals surface area contributed by atoms with Gasteiger partial charge in [0.2, 0.25) is 5.91 Å². The highest BCUT2D eigenvalue weighted by atomic mass is 35.5. The monoisotopic (exact) mass is 495 g/mol. The van der Waals surface area contributed by atoms with Crippen LogP contribution in [-0.2, 0) is 9.59 Å². The molecule has 172 valence electrons.